The van der Waals surface area contributed by atoms with Crippen LogP contribution in [0.4, 0.5) is 0 Å². The highest BCUT2D eigenvalue weighted by molar-refractivity contribution is 5.95. The van der Waals surface area contributed by atoms with Gasteiger partial charge in [0.2, 0.25) is 0 Å². The highest BCUT2D eigenvalue weighted by atomic mass is 16.5. The second-order valence-electron chi connectivity index (χ2n) is 4.53. The maximum Gasteiger partial charge on any atom is 0.276 e. The van der Waals surface area contributed by atoms with E-state index in [1.165, 1.54) is 12.3 Å². The summed E-state index contributed by atoms with van der Waals surface area (Å²) < 4.78 is 10.4. The van der Waals surface area contributed by atoms with Gasteiger partial charge >= 0.3 is 0 Å². The van der Waals surface area contributed by atoms with Crippen LogP contribution in [0.2, 0.25) is 0 Å². The fourth-order valence-corrected chi connectivity index (χ4v) is 2.34. The van der Waals surface area contributed by atoms with E-state index in [2.05, 4.69) is 4.98 Å². The minimum absolute atomic E-state index is 0.00467. The molecule has 0 unspecified atom stereocenters. The van der Waals surface area contributed by atoms with E-state index in [1.54, 1.807) is 25.2 Å². The number of aromatic hydroxyl groups is 1. The maximum absolute atomic E-state index is 12.4. The summed E-state index contributed by atoms with van der Waals surface area (Å²) in [6.45, 7) is 0.929. The number of hydrogen-bond acceptors (Lipinski definition) is 5. The van der Waals surface area contributed by atoms with Crippen LogP contribution in [0.5, 0.6) is 5.75 Å². The second kappa shape index (κ2) is 5.99. The molecule has 2 heterocycles. The number of likely N-dealkylation sites (tertiary alicyclic amines) is 1. The Labute approximate surface area is 112 Å². The number of carbonyl (C=O) groups is 1. The molecule has 2 atom stereocenters. The van der Waals surface area contributed by atoms with Crippen molar-refractivity contribution in [3.63, 3.8) is 0 Å². The summed E-state index contributed by atoms with van der Waals surface area (Å²) in [5.74, 6) is -0.399. The van der Waals surface area contributed by atoms with Crippen LogP contribution in [0, 0.1) is 0 Å². The molecule has 19 heavy (non-hydrogen) atoms. The lowest BCUT2D eigenvalue weighted by Gasteiger charge is -2.23. The number of methoxy groups -OCH3 is 2. The SMILES string of the molecule is COC[C@@H]1C[C@@H](OC)CN1C(=O)c1ncccc1O. The van der Waals surface area contributed by atoms with Crippen molar-refractivity contribution >= 4 is 5.91 Å². The van der Waals surface area contributed by atoms with Crippen LogP contribution in [0.1, 0.15) is 16.9 Å². The third-order valence-corrected chi connectivity index (χ3v) is 3.32. The predicted molar refractivity (Wildman–Crippen MR) is 68.0 cm³/mol. The van der Waals surface area contributed by atoms with Crippen LogP contribution in [0.3, 0.4) is 0 Å². The van der Waals surface area contributed by atoms with Crippen molar-refractivity contribution < 1.29 is 19.4 Å². The number of amides is 1. The van der Waals surface area contributed by atoms with E-state index in [-0.39, 0.29) is 29.5 Å². The second-order valence-corrected chi connectivity index (χ2v) is 4.53. The van der Waals surface area contributed by atoms with Crippen LogP contribution in [0.15, 0.2) is 18.3 Å². The number of ether oxygens (including phenoxy) is 2. The van der Waals surface area contributed by atoms with Crippen molar-refractivity contribution in [2.75, 3.05) is 27.4 Å². The topological polar surface area (TPSA) is 71.9 Å². The smallest absolute Gasteiger partial charge is 0.276 e. The number of carbonyl (C=O) groups excluding carboxylic acids is 1. The quantitative estimate of drug-likeness (QED) is 0.867. The summed E-state index contributed by atoms with van der Waals surface area (Å²) in [7, 11) is 3.22. The first-order valence-corrected chi connectivity index (χ1v) is 6.14. The van der Waals surface area contributed by atoms with Gasteiger partial charge in [0.05, 0.1) is 18.8 Å². The number of aromatic nitrogens is 1. The fourth-order valence-electron chi connectivity index (χ4n) is 2.34. The normalized spacial score (nSPS) is 22.7. The summed E-state index contributed by atoms with van der Waals surface area (Å²) in [5, 5.41) is 9.71. The standard InChI is InChI=1S/C13H18N2O4/c1-18-8-9-6-10(19-2)7-15(9)13(17)12-11(16)4-3-5-14-12/h3-5,9-10,16H,6-8H2,1-2H3/t9-,10+/m0/s1. The van der Waals surface area contributed by atoms with E-state index in [1.807, 2.05) is 0 Å². The molecule has 104 valence electrons. The molecule has 0 radical (unpaired) electrons. The molecule has 1 aromatic rings. The molecule has 1 fully saturated rings. The third kappa shape index (κ3) is 2.85. The van der Waals surface area contributed by atoms with Crippen LogP contribution in [0.25, 0.3) is 0 Å². The molecule has 0 aromatic carbocycles. The molecule has 1 aromatic heterocycles. The maximum atomic E-state index is 12.4. The van der Waals surface area contributed by atoms with Crippen molar-refractivity contribution in [1.29, 1.82) is 0 Å². The summed E-state index contributed by atoms with van der Waals surface area (Å²) >= 11 is 0. The predicted octanol–water partition coefficient (Wildman–Crippen LogP) is 0.663. The summed E-state index contributed by atoms with van der Waals surface area (Å²) in [4.78, 5) is 18.0. The first kappa shape index (κ1) is 13.8. The van der Waals surface area contributed by atoms with Gasteiger partial charge in [-0.25, -0.2) is 4.98 Å². The van der Waals surface area contributed by atoms with Crippen molar-refractivity contribution in [2.45, 2.75) is 18.6 Å². The van der Waals surface area contributed by atoms with Gasteiger partial charge in [-0.3, -0.25) is 4.79 Å². The lowest BCUT2D eigenvalue weighted by atomic mass is 10.2. The van der Waals surface area contributed by atoms with Gasteiger partial charge in [0.25, 0.3) is 5.91 Å². The lowest BCUT2D eigenvalue weighted by Crippen LogP contribution is -2.38. The Bertz CT molecular complexity index is 452. The average Bonchev–Trinajstić information content (AvgIpc) is 2.82. The highest BCUT2D eigenvalue weighted by Gasteiger charge is 2.36. The van der Waals surface area contributed by atoms with E-state index in [0.29, 0.717) is 13.2 Å². The molecule has 1 aliphatic rings. The fraction of sp³-hybridized carbons (Fsp3) is 0.538. The first-order valence-electron chi connectivity index (χ1n) is 6.14. The average molecular weight is 266 g/mol. The van der Waals surface area contributed by atoms with Crippen LogP contribution < -0.4 is 0 Å². The molecule has 1 aliphatic heterocycles. The van der Waals surface area contributed by atoms with E-state index in [0.717, 1.165) is 6.42 Å². The van der Waals surface area contributed by atoms with E-state index < -0.39 is 0 Å². The molecule has 0 bridgehead atoms. The highest BCUT2D eigenvalue weighted by Crippen LogP contribution is 2.24. The number of pyridine rings is 1. The minimum Gasteiger partial charge on any atom is -0.505 e. The van der Waals surface area contributed by atoms with Gasteiger partial charge in [-0.2, -0.15) is 0 Å². The Kier molecular flexibility index (Phi) is 4.34. The van der Waals surface area contributed by atoms with Crippen LogP contribution >= 0.6 is 0 Å². The van der Waals surface area contributed by atoms with Crippen LogP contribution in [-0.2, 0) is 9.47 Å². The molecule has 6 nitrogen and oxygen atoms in total. The summed E-state index contributed by atoms with van der Waals surface area (Å²) in [5.41, 5.74) is 0.0698. The first-order chi connectivity index (χ1) is 9.17. The zero-order valence-corrected chi connectivity index (χ0v) is 11.1. The summed E-state index contributed by atoms with van der Waals surface area (Å²) in [6.07, 6.45) is 2.21. The Balaban J connectivity index is 2.19. The molecule has 0 saturated carbocycles. The molecule has 1 N–H and O–H groups in total. The van der Waals surface area contributed by atoms with Crippen molar-refractivity contribution in [1.82, 2.24) is 9.88 Å². The Morgan fingerprint density at radius 3 is 3.00 bits per heavy atom. The Morgan fingerprint density at radius 2 is 2.37 bits per heavy atom. The van der Waals surface area contributed by atoms with Gasteiger partial charge in [0, 0.05) is 27.0 Å². The van der Waals surface area contributed by atoms with Crippen molar-refractivity contribution in [2.24, 2.45) is 0 Å². The van der Waals surface area contributed by atoms with Gasteiger partial charge in [-0.1, -0.05) is 0 Å². The van der Waals surface area contributed by atoms with Gasteiger partial charge in [0.15, 0.2) is 5.69 Å². The number of rotatable bonds is 4. The molecule has 0 aliphatic carbocycles. The largest absolute Gasteiger partial charge is 0.505 e. The van der Waals surface area contributed by atoms with Gasteiger partial charge in [-0.15, -0.1) is 0 Å². The monoisotopic (exact) mass is 266 g/mol. The number of nitrogens with zero attached hydrogens (tertiary/aromatic N) is 2. The minimum atomic E-state index is -0.292. The van der Waals surface area contributed by atoms with E-state index in [9.17, 15) is 9.90 Å². The van der Waals surface area contributed by atoms with Crippen molar-refractivity contribution in [3.05, 3.63) is 24.0 Å². The van der Waals surface area contributed by atoms with Crippen molar-refractivity contribution in [3.8, 4) is 5.75 Å². The molecule has 0 spiro atoms. The molecular formula is C13H18N2O4. The number of hydrogen-bond donors (Lipinski definition) is 1. The Morgan fingerprint density at radius 1 is 1.58 bits per heavy atom. The van der Waals surface area contributed by atoms with E-state index in [4.69, 9.17) is 9.47 Å². The van der Waals surface area contributed by atoms with Gasteiger partial charge in [-0.05, 0) is 18.6 Å². The summed E-state index contributed by atoms with van der Waals surface area (Å²) in [6, 6.07) is 2.99. The molecule has 1 amide bonds. The molecule has 1 saturated heterocycles. The molecule has 6 heteroatoms. The molecule has 2 rings (SSSR count). The van der Waals surface area contributed by atoms with Gasteiger partial charge in [0.1, 0.15) is 5.75 Å². The zero-order valence-electron chi connectivity index (χ0n) is 11.1. The third-order valence-electron chi connectivity index (χ3n) is 3.32. The van der Waals surface area contributed by atoms with E-state index >= 15 is 0 Å². The molecular weight excluding hydrogens is 248 g/mol. The van der Waals surface area contributed by atoms with Crippen LogP contribution in [-0.4, -0.2) is 60.4 Å². The zero-order chi connectivity index (χ0) is 13.8. The Hall–Kier alpha value is -1.66. The van der Waals surface area contributed by atoms with Gasteiger partial charge < -0.3 is 19.5 Å². The lowest BCUT2D eigenvalue weighted by molar-refractivity contribution is 0.0603.